The van der Waals surface area contributed by atoms with E-state index in [-0.39, 0.29) is 36.2 Å². The van der Waals surface area contributed by atoms with Crippen molar-refractivity contribution in [2.75, 3.05) is 12.4 Å². The van der Waals surface area contributed by atoms with Crippen LogP contribution >= 0.6 is 0 Å². The molecule has 6 rings (SSSR count). The number of halogens is 2. The summed E-state index contributed by atoms with van der Waals surface area (Å²) in [7, 11) is 1.73. The van der Waals surface area contributed by atoms with Gasteiger partial charge in [0.1, 0.15) is 17.0 Å². The molecule has 2 fully saturated rings. The van der Waals surface area contributed by atoms with Gasteiger partial charge in [0.15, 0.2) is 5.65 Å². The van der Waals surface area contributed by atoms with E-state index in [1.54, 1.807) is 13.2 Å². The fraction of sp³-hybridized carbons (Fsp3) is 0.391. The summed E-state index contributed by atoms with van der Waals surface area (Å²) in [4.78, 5) is 22.1. The number of alkyl halides is 2. The van der Waals surface area contributed by atoms with E-state index in [0.29, 0.717) is 24.4 Å². The van der Waals surface area contributed by atoms with Crippen molar-refractivity contribution in [3.8, 4) is 11.3 Å². The Morgan fingerprint density at radius 3 is 2.79 bits per heavy atom. The Bertz CT molecular complexity index is 1420. The highest BCUT2D eigenvalue weighted by molar-refractivity contribution is 6.01. The number of rotatable bonds is 5. The first kappa shape index (κ1) is 21.0. The third kappa shape index (κ3) is 3.14. The first-order valence-corrected chi connectivity index (χ1v) is 11.2. The number of fused-ring (bicyclic) bond motifs is 2. The zero-order valence-corrected chi connectivity index (χ0v) is 18.4. The smallest absolute Gasteiger partial charge is 0.267 e. The molecule has 1 amide bonds. The fourth-order valence-corrected chi connectivity index (χ4v) is 4.71. The van der Waals surface area contributed by atoms with E-state index in [0.717, 1.165) is 16.6 Å². The van der Waals surface area contributed by atoms with Crippen LogP contribution in [-0.2, 0) is 0 Å². The lowest BCUT2D eigenvalue weighted by atomic mass is 9.88. The number of aliphatic hydroxyl groups excluding tert-OH is 1. The molecule has 2 aliphatic rings. The van der Waals surface area contributed by atoms with Gasteiger partial charge in [-0.15, -0.1) is 0 Å². The van der Waals surface area contributed by atoms with E-state index >= 15 is 0 Å². The lowest BCUT2D eigenvalue weighted by Crippen LogP contribution is -2.55. The number of amides is 1. The number of anilines is 1. The van der Waals surface area contributed by atoms with Crippen LogP contribution in [0.5, 0.6) is 0 Å². The standard InChI is InChI=1S/C23H23F2N7O2/c1-26-19-9-17(16-11-31(12-7-13(33)8-12)20-14(16)3-2-6-27-20)29-21-15(10-28-32(19)21)22(34)30-18-4-5-23(18,24)25/h2-3,6,9-13,18,26,33H,4-5,7-8H2,1H3,(H,30,34). The fourth-order valence-electron chi connectivity index (χ4n) is 4.71. The van der Waals surface area contributed by atoms with E-state index in [2.05, 4.69) is 25.3 Å². The van der Waals surface area contributed by atoms with Gasteiger partial charge in [-0.1, -0.05) is 0 Å². The SMILES string of the molecule is CNc1cc(-c2cn(C3CC(O)C3)c3ncccc23)nc2c(C(=O)NC3CCC3(F)F)cnn12. The molecule has 0 saturated heterocycles. The zero-order valence-electron chi connectivity index (χ0n) is 18.4. The van der Waals surface area contributed by atoms with Gasteiger partial charge in [-0.2, -0.15) is 9.61 Å². The summed E-state index contributed by atoms with van der Waals surface area (Å²) in [5.41, 5.74) is 2.61. The molecule has 9 nitrogen and oxygen atoms in total. The highest BCUT2D eigenvalue weighted by Gasteiger charge is 2.49. The quantitative estimate of drug-likeness (QED) is 0.416. The second-order valence-electron chi connectivity index (χ2n) is 9.00. The van der Waals surface area contributed by atoms with Crippen LogP contribution in [0.15, 0.2) is 36.8 Å². The molecule has 176 valence electrons. The average Bonchev–Trinajstić information content (AvgIpc) is 3.41. The van der Waals surface area contributed by atoms with Crippen molar-refractivity contribution < 1.29 is 18.7 Å². The number of carbonyl (C=O) groups excluding carboxylic acids is 1. The van der Waals surface area contributed by atoms with Crippen molar-refractivity contribution in [1.82, 2.24) is 29.5 Å². The van der Waals surface area contributed by atoms with Crippen molar-refractivity contribution in [3.63, 3.8) is 0 Å². The number of nitrogens with zero attached hydrogens (tertiary/aromatic N) is 5. The zero-order chi connectivity index (χ0) is 23.6. The Hall–Kier alpha value is -3.60. The van der Waals surface area contributed by atoms with Gasteiger partial charge in [-0.3, -0.25) is 4.79 Å². The molecule has 0 aliphatic heterocycles. The molecule has 1 atom stereocenters. The van der Waals surface area contributed by atoms with Crippen LogP contribution in [0.4, 0.5) is 14.6 Å². The number of hydrogen-bond acceptors (Lipinski definition) is 6. The van der Waals surface area contributed by atoms with E-state index in [1.165, 1.54) is 10.7 Å². The number of hydrogen-bond donors (Lipinski definition) is 3. The highest BCUT2D eigenvalue weighted by atomic mass is 19.3. The van der Waals surface area contributed by atoms with Crippen LogP contribution in [-0.4, -0.2) is 60.3 Å². The Balaban J connectivity index is 1.45. The molecule has 1 unspecified atom stereocenters. The molecule has 11 heteroatoms. The van der Waals surface area contributed by atoms with E-state index in [9.17, 15) is 18.7 Å². The molecule has 0 radical (unpaired) electrons. The number of nitrogens with one attached hydrogen (secondary N) is 2. The minimum Gasteiger partial charge on any atom is -0.393 e. The normalized spacial score (nSPS) is 23.5. The molecule has 0 bridgehead atoms. The minimum atomic E-state index is -2.89. The number of carbonyl (C=O) groups is 1. The lowest BCUT2D eigenvalue weighted by Gasteiger charge is -2.36. The maximum Gasteiger partial charge on any atom is 0.267 e. The van der Waals surface area contributed by atoms with Crippen LogP contribution < -0.4 is 10.6 Å². The Labute approximate surface area is 192 Å². The summed E-state index contributed by atoms with van der Waals surface area (Å²) in [6.45, 7) is 0. The van der Waals surface area contributed by atoms with Gasteiger partial charge in [0.2, 0.25) is 0 Å². The molecule has 4 heterocycles. The van der Waals surface area contributed by atoms with Gasteiger partial charge in [0, 0.05) is 48.9 Å². The van der Waals surface area contributed by atoms with Crippen LogP contribution in [0.25, 0.3) is 27.9 Å². The molecular formula is C23H23F2N7O2. The Morgan fingerprint density at radius 2 is 2.12 bits per heavy atom. The van der Waals surface area contributed by atoms with Crippen molar-refractivity contribution in [1.29, 1.82) is 0 Å². The summed E-state index contributed by atoms with van der Waals surface area (Å²) >= 11 is 0. The maximum absolute atomic E-state index is 13.7. The van der Waals surface area contributed by atoms with Crippen molar-refractivity contribution in [2.45, 2.75) is 49.8 Å². The summed E-state index contributed by atoms with van der Waals surface area (Å²) in [6.07, 6.45) is 6.06. The molecular weight excluding hydrogens is 444 g/mol. The molecule has 4 aromatic heterocycles. The maximum atomic E-state index is 13.7. The largest absolute Gasteiger partial charge is 0.393 e. The molecule has 4 aromatic rings. The molecule has 2 aliphatic carbocycles. The van der Waals surface area contributed by atoms with E-state index < -0.39 is 17.9 Å². The lowest BCUT2D eigenvalue weighted by molar-refractivity contribution is -0.102. The topological polar surface area (TPSA) is 109 Å². The first-order valence-electron chi connectivity index (χ1n) is 11.2. The highest BCUT2D eigenvalue weighted by Crippen LogP contribution is 2.39. The van der Waals surface area contributed by atoms with Crippen molar-refractivity contribution in [3.05, 3.63) is 42.4 Å². The average molecular weight is 467 g/mol. The van der Waals surface area contributed by atoms with Crippen LogP contribution in [0, 0.1) is 0 Å². The van der Waals surface area contributed by atoms with Gasteiger partial charge in [0.05, 0.1) is 24.0 Å². The van der Waals surface area contributed by atoms with Crippen molar-refractivity contribution in [2.24, 2.45) is 0 Å². The molecule has 34 heavy (non-hydrogen) atoms. The van der Waals surface area contributed by atoms with Gasteiger partial charge in [0.25, 0.3) is 11.8 Å². The first-order chi connectivity index (χ1) is 16.4. The third-order valence-corrected chi connectivity index (χ3v) is 6.90. The number of pyridine rings is 1. The summed E-state index contributed by atoms with van der Waals surface area (Å²) in [6, 6.07) is 4.60. The summed E-state index contributed by atoms with van der Waals surface area (Å²) < 4.78 is 31.0. The Morgan fingerprint density at radius 1 is 1.29 bits per heavy atom. The molecule has 2 saturated carbocycles. The van der Waals surface area contributed by atoms with Gasteiger partial charge < -0.3 is 20.3 Å². The molecule has 0 aromatic carbocycles. The minimum absolute atomic E-state index is 0.130. The monoisotopic (exact) mass is 467 g/mol. The molecule has 3 N–H and O–H groups in total. The Kier molecular flexibility index (Phi) is 4.60. The number of aromatic nitrogens is 5. The van der Waals surface area contributed by atoms with Crippen LogP contribution in [0.2, 0.25) is 0 Å². The van der Waals surface area contributed by atoms with Gasteiger partial charge in [-0.05, 0) is 31.4 Å². The second-order valence-corrected chi connectivity index (χ2v) is 9.00. The number of aliphatic hydroxyl groups is 1. The van der Waals surface area contributed by atoms with E-state index in [4.69, 9.17) is 4.98 Å². The predicted octanol–water partition coefficient (Wildman–Crippen LogP) is 3.01. The van der Waals surface area contributed by atoms with E-state index in [1.807, 2.05) is 24.4 Å². The van der Waals surface area contributed by atoms with Crippen molar-refractivity contribution >= 4 is 28.4 Å². The van der Waals surface area contributed by atoms with Gasteiger partial charge >= 0.3 is 0 Å². The van der Waals surface area contributed by atoms with Gasteiger partial charge in [-0.25, -0.2) is 18.7 Å². The predicted molar refractivity (Wildman–Crippen MR) is 121 cm³/mol. The molecule has 0 spiro atoms. The summed E-state index contributed by atoms with van der Waals surface area (Å²) in [5, 5.41) is 20.4. The third-order valence-electron chi connectivity index (χ3n) is 6.90. The van der Waals surface area contributed by atoms with Crippen LogP contribution in [0.3, 0.4) is 0 Å². The van der Waals surface area contributed by atoms with Crippen LogP contribution in [0.1, 0.15) is 42.1 Å². The summed E-state index contributed by atoms with van der Waals surface area (Å²) in [5.74, 6) is -2.92. The second kappa shape index (κ2) is 7.45.